The molecule has 0 aliphatic rings. The molecule has 0 saturated carbocycles. The first kappa shape index (κ1) is 36.6. The predicted octanol–water partition coefficient (Wildman–Crippen LogP) is 15.7. The Balaban J connectivity index is 0.999. The number of rotatable bonds is 5. The van der Waals surface area contributed by atoms with Crippen LogP contribution in [0.3, 0.4) is 0 Å². The number of hydrogen-bond acceptors (Lipinski definition) is 4. The van der Waals surface area contributed by atoms with Gasteiger partial charge in [0.2, 0.25) is 5.95 Å². The van der Waals surface area contributed by atoms with Crippen LogP contribution in [0, 0.1) is 11.6 Å². The Hall–Kier alpha value is -8.88. The molecule has 0 atom stereocenters. The van der Waals surface area contributed by atoms with E-state index in [1.54, 1.807) is 12.1 Å². The van der Waals surface area contributed by atoms with E-state index >= 15 is 0 Å². The van der Waals surface area contributed by atoms with E-state index in [1.165, 1.54) is 35.0 Å². The summed E-state index contributed by atoms with van der Waals surface area (Å²) in [6, 6.07) is 63.6. The fourth-order valence-electron chi connectivity index (χ4n) is 10.0. The van der Waals surface area contributed by atoms with Crippen molar-refractivity contribution in [2.24, 2.45) is 0 Å². The molecule has 0 spiro atoms. The second kappa shape index (κ2) is 13.8. The number of aromatic nitrogens is 4. The molecule has 8 heteroatoms. The summed E-state index contributed by atoms with van der Waals surface area (Å²) in [6.07, 6.45) is 0. The molecular weight excluding hydrogens is 823 g/mol. The van der Waals surface area contributed by atoms with Crippen LogP contribution in [-0.4, -0.2) is 19.1 Å². The second-order valence-corrected chi connectivity index (χ2v) is 16.8. The molecule has 14 aromatic rings. The van der Waals surface area contributed by atoms with Crippen molar-refractivity contribution in [2.45, 2.75) is 0 Å². The van der Waals surface area contributed by atoms with Crippen molar-refractivity contribution in [1.29, 1.82) is 0 Å². The number of halogens is 2. The third-order valence-electron chi connectivity index (χ3n) is 13.1. The molecule has 6 nitrogen and oxygen atoms in total. The SMILES string of the molecule is Fc1ccc2oc3ccc(-c4cc(-c5ccc6oc7ccc(F)cc7c6c5)nc(-n5c6ccccc6c6ccc(-c7ccc8c(c7)c7ccccc7n8-c7ccccc7)cc65)n4)cc3c2c1. The molecule has 66 heavy (non-hydrogen) atoms. The van der Waals surface area contributed by atoms with Gasteiger partial charge in [0.05, 0.1) is 33.5 Å². The average Bonchev–Trinajstić information content (AvgIpc) is 4.10. The maximum atomic E-state index is 14.6. The van der Waals surface area contributed by atoms with E-state index in [0.717, 1.165) is 71.6 Å². The third-order valence-corrected chi connectivity index (χ3v) is 13.1. The molecule has 14 rings (SSSR count). The van der Waals surface area contributed by atoms with Gasteiger partial charge < -0.3 is 13.4 Å². The summed E-state index contributed by atoms with van der Waals surface area (Å²) in [4.78, 5) is 10.7. The smallest absolute Gasteiger partial charge is 0.235 e. The lowest BCUT2D eigenvalue weighted by Crippen LogP contribution is -2.04. The summed E-state index contributed by atoms with van der Waals surface area (Å²) in [6.45, 7) is 0. The van der Waals surface area contributed by atoms with Crippen LogP contribution in [0.4, 0.5) is 8.78 Å². The van der Waals surface area contributed by atoms with Gasteiger partial charge in [0.1, 0.15) is 34.0 Å². The Bertz CT molecular complexity index is 4190. The fraction of sp³-hybridized carbons (Fsp3) is 0. The van der Waals surface area contributed by atoms with E-state index in [-0.39, 0.29) is 11.6 Å². The molecule has 5 aromatic heterocycles. The van der Waals surface area contributed by atoms with Crippen LogP contribution in [0.15, 0.2) is 203 Å². The molecule has 0 bridgehead atoms. The van der Waals surface area contributed by atoms with Crippen molar-refractivity contribution in [3.63, 3.8) is 0 Å². The Kier molecular flexibility index (Phi) is 7.66. The summed E-state index contributed by atoms with van der Waals surface area (Å²) in [5.41, 5.74) is 12.9. The highest BCUT2D eigenvalue weighted by molar-refractivity contribution is 6.13. The van der Waals surface area contributed by atoms with Gasteiger partial charge in [0.25, 0.3) is 0 Å². The predicted molar refractivity (Wildman–Crippen MR) is 261 cm³/mol. The van der Waals surface area contributed by atoms with Crippen LogP contribution in [0.25, 0.3) is 133 Å². The molecule has 0 N–H and O–H groups in total. The van der Waals surface area contributed by atoms with E-state index in [1.807, 2.05) is 54.6 Å². The number of nitrogens with zero attached hydrogens (tertiary/aromatic N) is 4. The molecule has 310 valence electrons. The maximum Gasteiger partial charge on any atom is 0.235 e. The molecule has 0 radical (unpaired) electrons. The fourth-order valence-corrected chi connectivity index (χ4v) is 10.0. The zero-order valence-corrected chi connectivity index (χ0v) is 34.8. The van der Waals surface area contributed by atoms with Crippen LogP contribution in [-0.2, 0) is 0 Å². The van der Waals surface area contributed by atoms with E-state index in [2.05, 4.69) is 112 Å². The molecule has 0 saturated heterocycles. The number of para-hydroxylation sites is 3. The lowest BCUT2D eigenvalue weighted by atomic mass is 10.0. The van der Waals surface area contributed by atoms with Gasteiger partial charge >= 0.3 is 0 Å². The molecule has 0 fully saturated rings. The highest BCUT2D eigenvalue weighted by Gasteiger charge is 2.21. The highest BCUT2D eigenvalue weighted by Crippen LogP contribution is 2.40. The van der Waals surface area contributed by atoms with E-state index in [4.69, 9.17) is 18.8 Å². The Morgan fingerprint density at radius 2 is 0.773 bits per heavy atom. The van der Waals surface area contributed by atoms with Crippen molar-refractivity contribution in [1.82, 2.24) is 19.1 Å². The summed E-state index contributed by atoms with van der Waals surface area (Å²) in [5.74, 6) is -0.207. The lowest BCUT2D eigenvalue weighted by Gasteiger charge is -2.12. The zero-order chi connectivity index (χ0) is 43.6. The first-order valence-electron chi connectivity index (χ1n) is 21.8. The average molecular weight is 855 g/mol. The number of furan rings is 2. The van der Waals surface area contributed by atoms with E-state index in [9.17, 15) is 8.78 Å². The standard InChI is InChI=1S/C58H32F2N4O2/c59-37-18-24-56-46(30-37)44-27-35(16-22-54(44)65-56)48-32-49(36-17-23-55-45(28-36)47-31-38(60)19-25-57(47)66-55)62-58(61-48)64-51-13-7-4-10-40(51)42-20-14-34(29-53(42)64)33-15-21-52-43(26-33)41-11-5-6-12-50(41)63(52)39-8-2-1-3-9-39/h1-32H. The van der Waals surface area contributed by atoms with Gasteiger partial charge in [-0.05, 0) is 132 Å². The summed E-state index contributed by atoms with van der Waals surface area (Å²) in [7, 11) is 0. The Labute approximate surface area is 373 Å². The Morgan fingerprint density at radius 1 is 0.318 bits per heavy atom. The van der Waals surface area contributed by atoms with Crippen molar-refractivity contribution < 1.29 is 17.6 Å². The van der Waals surface area contributed by atoms with Gasteiger partial charge in [-0.2, -0.15) is 0 Å². The van der Waals surface area contributed by atoms with Crippen molar-refractivity contribution in [2.75, 3.05) is 0 Å². The van der Waals surface area contributed by atoms with Gasteiger partial charge in [0.15, 0.2) is 0 Å². The third kappa shape index (κ3) is 5.51. The summed E-state index contributed by atoms with van der Waals surface area (Å²) < 4.78 is 45.9. The van der Waals surface area contributed by atoms with Crippen molar-refractivity contribution in [3.8, 4) is 45.3 Å². The number of benzene rings is 9. The molecule has 5 heterocycles. The van der Waals surface area contributed by atoms with Crippen LogP contribution in [0.1, 0.15) is 0 Å². The zero-order valence-electron chi connectivity index (χ0n) is 34.8. The van der Waals surface area contributed by atoms with Gasteiger partial charge in [-0.15, -0.1) is 0 Å². The van der Waals surface area contributed by atoms with Gasteiger partial charge in [-0.3, -0.25) is 4.57 Å². The van der Waals surface area contributed by atoms with Crippen molar-refractivity contribution in [3.05, 3.63) is 206 Å². The Morgan fingerprint density at radius 3 is 1.41 bits per heavy atom. The maximum absolute atomic E-state index is 14.6. The molecule has 0 aliphatic carbocycles. The normalized spacial score (nSPS) is 12.1. The van der Waals surface area contributed by atoms with Crippen LogP contribution < -0.4 is 0 Å². The minimum atomic E-state index is -0.339. The number of fused-ring (bicyclic) bond motifs is 12. The summed E-state index contributed by atoms with van der Waals surface area (Å²) in [5, 5.41) is 7.41. The van der Waals surface area contributed by atoms with Gasteiger partial charge in [-0.25, -0.2) is 18.7 Å². The minimum absolute atomic E-state index is 0.339. The monoisotopic (exact) mass is 854 g/mol. The van der Waals surface area contributed by atoms with Gasteiger partial charge in [-0.1, -0.05) is 72.8 Å². The highest BCUT2D eigenvalue weighted by atomic mass is 19.1. The molecule has 9 aromatic carbocycles. The van der Waals surface area contributed by atoms with Gasteiger partial charge in [0, 0.05) is 59.9 Å². The topological polar surface area (TPSA) is 61.9 Å². The van der Waals surface area contributed by atoms with E-state index in [0.29, 0.717) is 50.4 Å². The molecule has 0 aliphatic heterocycles. The molecule has 0 unspecified atom stereocenters. The molecular formula is C58H32F2N4O2. The first-order chi connectivity index (χ1) is 32.5. The molecule has 0 amide bonds. The van der Waals surface area contributed by atoms with Crippen molar-refractivity contribution >= 4 is 87.5 Å². The second-order valence-electron chi connectivity index (χ2n) is 16.8. The van der Waals surface area contributed by atoms with Crippen LogP contribution in [0.2, 0.25) is 0 Å². The minimum Gasteiger partial charge on any atom is -0.456 e. The summed E-state index contributed by atoms with van der Waals surface area (Å²) >= 11 is 0. The van der Waals surface area contributed by atoms with Crippen LogP contribution in [0.5, 0.6) is 0 Å². The largest absolute Gasteiger partial charge is 0.456 e. The quantitative estimate of drug-likeness (QED) is 0.173. The van der Waals surface area contributed by atoms with E-state index < -0.39 is 0 Å². The first-order valence-corrected chi connectivity index (χ1v) is 21.8. The number of hydrogen-bond donors (Lipinski definition) is 0. The van der Waals surface area contributed by atoms with Crippen LogP contribution >= 0.6 is 0 Å². The lowest BCUT2D eigenvalue weighted by molar-refractivity contribution is 0.626.